The Morgan fingerprint density at radius 3 is 2.53 bits per heavy atom. The summed E-state index contributed by atoms with van der Waals surface area (Å²) in [5.41, 5.74) is -0.190. The van der Waals surface area contributed by atoms with Crippen LogP contribution < -0.4 is 0 Å². The number of hydrogen-bond acceptors (Lipinski definition) is 7. The summed E-state index contributed by atoms with van der Waals surface area (Å²) in [4.78, 5) is 9.68. The van der Waals surface area contributed by atoms with Crippen LogP contribution in [0.4, 0.5) is 5.69 Å². The predicted octanol–water partition coefficient (Wildman–Crippen LogP) is 1.90. The van der Waals surface area contributed by atoms with Crippen molar-refractivity contribution in [2.45, 2.75) is 11.3 Å². The van der Waals surface area contributed by atoms with E-state index < -0.39 is 15.0 Å². The number of benzene rings is 1. The molecule has 0 heterocycles. The molecule has 0 aliphatic heterocycles. The van der Waals surface area contributed by atoms with Gasteiger partial charge in [0.15, 0.2) is 0 Å². The molecule has 0 saturated heterocycles. The average molecular weight is 302 g/mol. The van der Waals surface area contributed by atoms with Crippen LogP contribution in [0, 0.1) is 20.8 Å². The van der Waals surface area contributed by atoms with Gasteiger partial charge in [0.25, 0.3) is 15.8 Å². The average Bonchev–Trinajstić information content (AvgIpc) is 2.38. The lowest BCUT2D eigenvalue weighted by atomic mass is 10.3. The van der Waals surface area contributed by atoms with Gasteiger partial charge in [0.05, 0.1) is 16.4 Å². The van der Waals surface area contributed by atoms with Crippen molar-refractivity contribution >= 4 is 27.6 Å². The number of hydrogen-bond donors (Lipinski definition) is 0. The highest BCUT2D eigenvalue weighted by atomic mass is 32.2. The fraction of sp³-hybridized carbons (Fsp3) is 0.300. The van der Waals surface area contributed by atoms with E-state index in [0.29, 0.717) is 12.2 Å². The molecule has 0 spiro atoms. The molecular weight excluding hydrogens is 292 g/mol. The molecular formula is C10H10N2O5S2. The Labute approximate surface area is 114 Å². The third-order valence-electron chi connectivity index (χ3n) is 2.03. The summed E-state index contributed by atoms with van der Waals surface area (Å²) in [5.74, 6) is 0.478. The zero-order valence-electron chi connectivity index (χ0n) is 9.68. The van der Waals surface area contributed by atoms with E-state index in [-0.39, 0.29) is 17.2 Å². The first-order valence-electron chi connectivity index (χ1n) is 5.12. The Balaban J connectivity index is 2.62. The van der Waals surface area contributed by atoms with Gasteiger partial charge in [0, 0.05) is 17.9 Å². The lowest BCUT2D eigenvalue weighted by Gasteiger charge is -2.04. The lowest BCUT2D eigenvalue weighted by molar-refractivity contribution is -0.384. The summed E-state index contributed by atoms with van der Waals surface area (Å²) in [6, 6.07) is 4.44. The van der Waals surface area contributed by atoms with Gasteiger partial charge in [-0.05, 0) is 30.3 Å². The van der Waals surface area contributed by atoms with Crippen LogP contribution in [0.1, 0.15) is 6.42 Å². The van der Waals surface area contributed by atoms with Crippen molar-refractivity contribution in [1.82, 2.24) is 0 Å². The van der Waals surface area contributed by atoms with Crippen LogP contribution in [-0.2, 0) is 14.3 Å². The Morgan fingerprint density at radius 2 is 2.00 bits per heavy atom. The second kappa shape index (κ2) is 7.08. The monoisotopic (exact) mass is 302 g/mol. The maximum absolute atomic E-state index is 11.7. The molecule has 0 amide bonds. The second-order valence-corrected chi connectivity index (χ2v) is 5.82. The van der Waals surface area contributed by atoms with Crippen LogP contribution in [0.25, 0.3) is 0 Å². The van der Waals surface area contributed by atoms with Crippen molar-refractivity contribution in [2.75, 3.05) is 12.4 Å². The van der Waals surface area contributed by atoms with Gasteiger partial charge in [0.2, 0.25) is 0 Å². The molecule has 1 aromatic carbocycles. The summed E-state index contributed by atoms with van der Waals surface area (Å²) < 4.78 is 28.1. The van der Waals surface area contributed by atoms with E-state index in [9.17, 15) is 18.5 Å². The van der Waals surface area contributed by atoms with E-state index in [1.807, 2.05) is 5.40 Å². The van der Waals surface area contributed by atoms with Gasteiger partial charge < -0.3 is 0 Å². The topological polar surface area (TPSA) is 110 Å². The minimum absolute atomic E-state index is 0.0337. The molecule has 0 aliphatic carbocycles. The molecule has 0 unspecified atom stereocenters. The number of nitrogens with zero attached hydrogens (tertiary/aromatic N) is 2. The van der Waals surface area contributed by atoms with Crippen LogP contribution in [0.15, 0.2) is 29.2 Å². The third kappa shape index (κ3) is 4.86. The summed E-state index contributed by atoms with van der Waals surface area (Å²) in [6.45, 7) is -0.0337. The molecule has 0 atom stereocenters. The van der Waals surface area contributed by atoms with Crippen LogP contribution in [0.5, 0.6) is 0 Å². The molecule has 0 aliphatic rings. The molecule has 0 aromatic heterocycles. The Kier molecular flexibility index (Phi) is 5.75. The zero-order chi connectivity index (χ0) is 14.3. The van der Waals surface area contributed by atoms with Gasteiger partial charge in [-0.15, -0.1) is 0 Å². The smallest absolute Gasteiger partial charge is 0.266 e. The van der Waals surface area contributed by atoms with Crippen molar-refractivity contribution in [2.24, 2.45) is 0 Å². The van der Waals surface area contributed by atoms with Gasteiger partial charge in [-0.3, -0.25) is 14.3 Å². The number of nitriles is 1. The normalized spacial score (nSPS) is 10.9. The first-order chi connectivity index (χ1) is 8.97. The Hall–Kier alpha value is -1.63. The van der Waals surface area contributed by atoms with E-state index in [4.69, 9.17) is 9.44 Å². The standard InChI is InChI=1S/C10H10N2O5S2/c11-8-18-7-1-6-17-19(15,16)10-4-2-9(3-5-10)12(13)14/h2-5H,1,6-7H2. The van der Waals surface area contributed by atoms with E-state index in [0.717, 1.165) is 36.0 Å². The van der Waals surface area contributed by atoms with E-state index >= 15 is 0 Å². The summed E-state index contributed by atoms with van der Waals surface area (Å²) in [5, 5.41) is 20.6. The molecule has 0 bridgehead atoms. The number of nitro benzene ring substituents is 1. The van der Waals surface area contributed by atoms with E-state index in [2.05, 4.69) is 0 Å². The van der Waals surface area contributed by atoms with Crippen LogP contribution in [0.2, 0.25) is 0 Å². The molecule has 7 nitrogen and oxygen atoms in total. The zero-order valence-corrected chi connectivity index (χ0v) is 11.3. The summed E-state index contributed by atoms with van der Waals surface area (Å²) in [6.07, 6.45) is 0.421. The van der Waals surface area contributed by atoms with Gasteiger partial charge in [-0.1, -0.05) is 0 Å². The van der Waals surface area contributed by atoms with E-state index in [1.54, 1.807) is 0 Å². The van der Waals surface area contributed by atoms with Crippen LogP contribution in [0.3, 0.4) is 0 Å². The van der Waals surface area contributed by atoms with Gasteiger partial charge in [-0.2, -0.15) is 13.7 Å². The molecule has 0 N–H and O–H groups in total. The van der Waals surface area contributed by atoms with Gasteiger partial charge >= 0.3 is 0 Å². The minimum atomic E-state index is -3.90. The first kappa shape index (κ1) is 15.4. The fourth-order valence-corrected chi connectivity index (χ4v) is 2.44. The molecule has 0 saturated carbocycles. The third-order valence-corrected chi connectivity index (χ3v) is 3.98. The first-order valence-corrected chi connectivity index (χ1v) is 7.51. The van der Waals surface area contributed by atoms with Crippen LogP contribution >= 0.6 is 11.8 Å². The van der Waals surface area contributed by atoms with Crippen molar-refractivity contribution in [3.8, 4) is 5.40 Å². The molecule has 0 radical (unpaired) electrons. The molecule has 0 fully saturated rings. The minimum Gasteiger partial charge on any atom is -0.266 e. The molecule has 9 heteroatoms. The number of rotatable bonds is 7. The molecule has 1 aromatic rings. The lowest BCUT2D eigenvalue weighted by Crippen LogP contribution is -2.08. The van der Waals surface area contributed by atoms with Crippen molar-refractivity contribution in [3.63, 3.8) is 0 Å². The highest BCUT2D eigenvalue weighted by Gasteiger charge is 2.16. The highest BCUT2D eigenvalue weighted by molar-refractivity contribution is 8.03. The number of thioether (sulfide) groups is 1. The fourth-order valence-electron chi connectivity index (χ4n) is 1.15. The second-order valence-electron chi connectivity index (χ2n) is 3.32. The quantitative estimate of drug-likeness (QED) is 0.249. The van der Waals surface area contributed by atoms with Gasteiger partial charge in [-0.25, -0.2) is 0 Å². The van der Waals surface area contributed by atoms with Crippen molar-refractivity contribution in [1.29, 1.82) is 5.26 Å². The Bertz CT molecular complexity index is 577. The highest BCUT2D eigenvalue weighted by Crippen LogP contribution is 2.17. The SMILES string of the molecule is N#CSCCCOS(=O)(=O)c1ccc([N+](=O)[O-])cc1. The Morgan fingerprint density at radius 1 is 1.37 bits per heavy atom. The van der Waals surface area contributed by atoms with Crippen molar-refractivity contribution in [3.05, 3.63) is 34.4 Å². The summed E-state index contributed by atoms with van der Waals surface area (Å²) >= 11 is 1.02. The number of nitro groups is 1. The molecule has 1 rings (SSSR count). The molecule has 19 heavy (non-hydrogen) atoms. The van der Waals surface area contributed by atoms with Gasteiger partial charge in [0.1, 0.15) is 5.40 Å². The number of non-ortho nitro benzene ring substituents is 1. The van der Waals surface area contributed by atoms with Crippen molar-refractivity contribution < 1.29 is 17.5 Å². The summed E-state index contributed by atoms with van der Waals surface area (Å²) in [7, 11) is -3.90. The molecule has 102 valence electrons. The maximum atomic E-state index is 11.7. The number of thiocyanates is 1. The van der Waals surface area contributed by atoms with E-state index in [1.165, 1.54) is 0 Å². The van der Waals surface area contributed by atoms with Crippen LogP contribution in [-0.4, -0.2) is 25.7 Å². The largest absolute Gasteiger partial charge is 0.296 e. The maximum Gasteiger partial charge on any atom is 0.296 e. The predicted molar refractivity (Wildman–Crippen MR) is 68.9 cm³/mol.